The molecule has 130 valence electrons. The van der Waals surface area contributed by atoms with E-state index in [0.717, 1.165) is 17.7 Å². The molecule has 1 aliphatic heterocycles. The van der Waals surface area contributed by atoms with Crippen LogP contribution in [0.2, 0.25) is 0 Å². The van der Waals surface area contributed by atoms with Crippen LogP contribution in [0.25, 0.3) is 0 Å². The van der Waals surface area contributed by atoms with Gasteiger partial charge in [-0.3, -0.25) is 10.1 Å². The van der Waals surface area contributed by atoms with E-state index < -0.39 is 6.09 Å². The van der Waals surface area contributed by atoms with Crippen LogP contribution in [-0.4, -0.2) is 25.2 Å². The van der Waals surface area contributed by atoms with E-state index in [2.05, 4.69) is 10.6 Å². The molecular weight excluding hydrogens is 320 g/mol. The van der Waals surface area contributed by atoms with Gasteiger partial charge in [0, 0.05) is 23.2 Å². The fourth-order valence-electron chi connectivity index (χ4n) is 2.72. The molecule has 1 atom stereocenters. The molecule has 0 spiro atoms. The van der Waals surface area contributed by atoms with Gasteiger partial charge in [-0.25, -0.2) is 4.79 Å². The first-order chi connectivity index (χ1) is 12.2. The minimum absolute atomic E-state index is 0.0743. The number of carbonyl (C=O) groups is 2. The zero-order chi connectivity index (χ0) is 17.6. The van der Waals surface area contributed by atoms with Crippen molar-refractivity contribution in [3.05, 3.63) is 59.7 Å². The Hall–Kier alpha value is -3.02. The number of hydrogen-bond donors (Lipinski definition) is 2. The molecule has 0 radical (unpaired) electrons. The Morgan fingerprint density at radius 1 is 1.16 bits per heavy atom. The molecule has 2 aromatic rings. The molecule has 1 aliphatic rings. The number of para-hydroxylation sites is 1. The van der Waals surface area contributed by atoms with Gasteiger partial charge in [0.15, 0.2) is 0 Å². The third kappa shape index (κ3) is 4.09. The zero-order valence-electron chi connectivity index (χ0n) is 14.0. The Bertz CT molecular complexity index is 758. The number of amides is 2. The highest BCUT2D eigenvalue weighted by atomic mass is 16.5. The second-order valence-electron chi connectivity index (χ2n) is 5.62. The number of fused-ring (bicyclic) bond motifs is 1. The van der Waals surface area contributed by atoms with Crippen LogP contribution in [0.3, 0.4) is 0 Å². The van der Waals surface area contributed by atoms with Gasteiger partial charge in [0.2, 0.25) is 0 Å². The highest BCUT2D eigenvalue weighted by molar-refractivity contribution is 5.95. The summed E-state index contributed by atoms with van der Waals surface area (Å²) in [5, 5.41) is 5.63. The Morgan fingerprint density at radius 2 is 1.92 bits per heavy atom. The lowest BCUT2D eigenvalue weighted by Gasteiger charge is -2.26. The van der Waals surface area contributed by atoms with Crippen LogP contribution in [0.4, 0.5) is 10.5 Å². The number of benzene rings is 2. The average Bonchev–Trinajstić information content (AvgIpc) is 2.63. The highest BCUT2D eigenvalue weighted by Crippen LogP contribution is 2.31. The quantitative estimate of drug-likeness (QED) is 0.893. The lowest BCUT2D eigenvalue weighted by atomic mass is 10.00. The van der Waals surface area contributed by atoms with E-state index in [9.17, 15) is 9.59 Å². The summed E-state index contributed by atoms with van der Waals surface area (Å²) >= 11 is 0. The summed E-state index contributed by atoms with van der Waals surface area (Å²) in [7, 11) is 0. The number of nitrogens with one attached hydrogen (secondary N) is 2. The van der Waals surface area contributed by atoms with Gasteiger partial charge >= 0.3 is 6.09 Å². The maximum atomic E-state index is 12.5. The summed E-state index contributed by atoms with van der Waals surface area (Å²) in [6.07, 6.45) is 0.212. The molecule has 6 heteroatoms. The maximum absolute atomic E-state index is 12.5. The van der Waals surface area contributed by atoms with Crippen molar-refractivity contribution in [1.82, 2.24) is 5.32 Å². The Balaban J connectivity index is 1.65. The van der Waals surface area contributed by atoms with E-state index in [0.29, 0.717) is 24.5 Å². The standard InChI is InChI=1S/C19H20N2O4/c1-2-24-19(23)20-14-9-7-13(8-10-14)18(22)21-16-11-12-25-17-6-4-3-5-15(16)17/h3-10,16H,2,11-12H2,1H3,(H,20,23)(H,21,22)/t16-/m1/s1. The molecule has 0 bridgehead atoms. The third-order valence-electron chi connectivity index (χ3n) is 3.93. The van der Waals surface area contributed by atoms with E-state index in [4.69, 9.17) is 9.47 Å². The molecule has 0 aliphatic carbocycles. The zero-order valence-corrected chi connectivity index (χ0v) is 14.0. The third-order valence-corrected chi connectivity index (χ3v) is 3.93. The van der Waals surface area contributed by atoms with Crippen LogP contribution in [0.15, 0.2) is 48.5 Å². The van der Waals surface area contributed by atoms with Crippen molar-refractivity contribution in [2.45, 2.75) is 19.4 Å². The summed E-state index contributed by atoms with van der Waals surface area (Å²) in [5.41, 5.74) is 2.09. The predicted octanol–water partition coefficient (Wildman–Crippen LogP) is 3.51. The molecule has 0 saturated heterocycles. The van der Waals surface area contributed by atoms with E-state index in [1.165, 1.54) is 0 Å². The van der Waals surface area contributed by atoms with Crippen LogP contribution < -0.4 is 15.4 Å². The molecule has 2 N–H and O–H groups in total. The average molecular weight is 340 g/mol. The number of rotatable bonds is 4. The van der Waals surface area contributed by atoms with E-state index >= 15 is 0 Å². The van der Waals surface area contributed by atoms with Crippen molar-refractivity contribution >= 4 is 17.7 Å². The first-order valence-corrected chi connectivity index (χ1v) is 8.24. The summed E-state index contributed by atoms with van der Waals surface area (Å²) < 4.78 is 10.4. The van der Waals surface area contributed by atoms with E-state index in [1.54, 1.807) is 31.2 Å². The lowest BCUT2D eigenvalue weighted by molar-refractivity contribution is 0.0925. The molecule has 2 aromatic carbocycles. The SMILES string of the molecule is CCOC(=O)Nc1ccc(C(=O)N[C@@H]2CCOc3ccccc32)cc1. The van der Waals surface area contributed by atoms with Crippen molar-refractivity contribution in [3.63, 3.8) is 0 Å². The summed E-state index contributed by atoms with van der Waals surface area (Å²) in [4.78, 5) is 23.9. The van der Waals surface area contributed by atoms with E-state index in [1.807, 2.05) is 24.3 Å². The fourth-order valence-corrected chi connectivity index (χ4v) is 2.72. The van der Waals surface area contributed by atoms with Crippen LogP contribution in [0.1, 0.15) is 35.3 Å². The first-order valence-electron chi connectivity index (χ1n) is 8.24. The smallest absolute Gasteiger partial charge is 0.411 e. The number of ether oxygens (including phenoxy) is 2. The Morgan fingerprint density at radius 3 is 2.68 bits per heavy atom. The topological polar surface area (TPSA) is 76.7 Å². The van der Waals surface area contributed by atoms with Gasteiger partial charge in [-0.15, -0.1) is 0 Å². The van der Waals surface area contributed by atoms with Gasteiger partial charge in [0.25, 0.3) is 5.91 Å². The number of hydrogen-bond acceptors (Lipinski definition) is 4. The van der Waals surface area contributed by atoms with Gasteiger partial charge < -0.3 is 14.8 Å². The van der Waals surface area contributed by atoms with Crippen LogP contribution >= 0.6 is 0 Å². The van der Waals surface area contributed by atoms with Gasteiger partial charge in [0.05, 0.1) is 19.3 Å². The molecule has 1 heterocycles. The minimum atomic E-state index is -0.515. The van der Waals surface area contributed by atoms with Gasteiger partial charge in [-0.05, 0) is 37.3 Å². The van der Waals surface area contributed by atoms with Crippen molar-refractivity contribution < 1.29 is 19.1 Å². The molecule has 2 amide bonds. The van der Waals surface area contributed by atoms with Gasteiger partial charge in [-0.2, -0.15) is 0 Å². The molecule has 0 unspecified atom stereocenters. The first kappa shape index (κ1) is 16.8. The highest BCUT2D eigenvalue weighted by Gasteiger charge is 2.23. The second kappa shape index (κ2) is 7.70. The van der Waals surface area contributed by atoms with E-state index in [-0.39, 0.29) is 11.9 Å². The molecule has 0 fully saturated rings. The van der Waals surface area contributed by atoms with Crippen LogP contribution in [0.5, 0.6) is 5.75 Å². The molecule has 25 heavy (non-hydrogen) atoms. The summed E-state index contributed by atoms with van der Waals surface area (Å²) in [6.45, 7) is 2.62. The number of anilines is 1. The fraction of sp³-hybridized carbons (Fsp3) is 0.263. The number of carbonyl (C=O) groups excluding carboxylic acids is 2. The van der Waals surface area contributed by atoms with Crippen molar-refractivity contribution in [2.24, 2.45) is 0 Å². The Kier molecular flexibility index (Phi) is 5.18. The molecule has 3 rings (SSSR count). The molecule has 0 saturated carbocycles. The molecule has 0 aromatic heterocycles. The van der Waals surface area contributed by atoms with Crippen molar-refractivity contribution in [1.29, 1.82) is 0 Å². The van der Waals surface area contributed by atoms with Crippen LogP contribution in [-0.2, 0) is 4.74 Å². The second-order valence-corrected chi connectivity index (χ2v) is 5.62. The van der Waals surface area contributed by atoms with Gasteiger partial charge in [0.1, 0.15) is 5.75 Å². The van der Waals surface area contributed by atoms with Crippen LogP contribution in [0, 0.1) is 0 Å². The summed E-state index contributed by atoms with van der Waals surface area (Å²) in [6, 6.07) is 14.3. The summed E-state index contributed by atoms with van der Waals surface area (Å²) in [5.74, 6) is 0.650. The largest absolute Gasteiger partial charge is 0.493 e. The van der Waals surface area contributed by atoms with Crippen molar-refractivity contribution in [3.8, 4) is 5.75 Å². The maximum Gasteiger partial charge on any atom is 0.411 e. The van der Waals surface area contributed by atoms with Gasteiger partial charge in [-0.1, -0.05) is 18.2 Å². The minimum Gasteiger partial charge on any atom is -0.493 e. The molecule has 6 nitrogen and oxygen atoms in total. The predicted molar refractivity (Wildman–Crippen MR) is 93.8 cm³/mol. The normalized spacial score (nSPS) is 15.5. The van der Waals surface area contributed by atoms with Crippen molar-refractivity contribution in [2.75, 3.05) is 18.5 Å². The Labute approximate surface area is 146 Å². The molecular formula is C19H20N2O4. The monoisotopic (exact) mass is 340 g/mol. The lowest BCUT2D eigenvalue weighted by Crippen LogP contribution is -2.32.